The summed E-state index contributed by atoms with van der Waals surface area (Å²) in [4.78, 5) is 10.6. The van der Waals surface area contributed by atoms with Gasteiger partial charge in [0, 0.05) is 6.08 Å². The van der Waals surface area contributed by atoms with Crippen LogP contribution < -0.4 is 18.9 Å². The van der Waals surface area contributed by atoms with Crippen molar-refractivity contribution in [1.82, 2.24) is 0 Å². The van der Waals surface area contributed by atoms with Crippen molar-refractivity contribution in [2.45, 2.75) is 4.90 Å². The van der Waals surface area contributed by atoms with E-state index in [0.717, 1.165) is 6.08 Å². The number of benzene rings is 3. The van der Waals surface area contributed by atoms with Crippen LogP contribution in [0, 0.1) is 0 Å². The van der Waals surface area contributed by atoms with E-state index in [1.165, 1.54) is 38.5 Å². The standard InChI is InChI=1S/C23H20ClNO7S/c1-30-20-13-15(11-12-22(26)27)14-21(23(20)31-2)33(28,29)25-17-8-4-6-10-19(17)32-18-9-5-3-7-16(18)24/h3-14,25H,1-2H3,(H,26,27)/b12-11+. The summed E-state index contributed by atoms with van der Waals surface area (Å²) in [5, 5.41) is 9.26. The molecule has 8 nitrogen and oxygen atoms in total. The Morgan fingerprint density at radius 3 is 2.27 bits per heavy atom. The first-order chi connectivity index (χ1) is 15.7. The summed E-state index contributed by atoms with van der Waals surface area (Å²) in [6.07, 6.45) is 2.13. The maximum atomic E-state index is 13.3. The lowest BCUT2D eigenvalue weighted by Crippen LogP contribution is -2.15. The highest BCUT2D eigenvalue weighted by Gasteiger charge is 2.25. The van der Waals surface area contributed by atoms with Gasteiger partial charge in [0.1, 0.15) is 10.6 Å². The number of nitrogens with one attached hydrogen (secondary N) is 1. The number of aliphatic carboxylic acids is 1. The normalized spacial score (nSPS) is 11.2. The van der Waals surface area contributed by atoms with Crippen LogP contribution >= 0.6 is 11.6 Å². The molecule has 172 valence electrons. The van der Waals surface area contributed by atoms with Gasteiger partial charge in [-0.3, -0.25) is 4.72 Å². The van der Waals surface area contributed by atoms with E-state index in [1.807, 2.05) is 0 Å². The fourth-order valence-electron chi connectivity index (χ4n) is 2.90. The fourth-order valence-corrected chi connectivity index (χ4v) is 4.36. The van der Waals surface area contributed by atoms with Crippen LogP contribution in [0.4, 0.5) is 5.69 Å². The van der Waals surface area contributed by atoms with E-state index in [1.54, 1.807) is 42.5 Å². The van der Waals surface area contributed by atoms with Gasteiger partial charge in [-0.05, 0) is 48.0 Å². The molecule has 0 spiro atoms. The van der Waals surface area contributed by atoms with Crippen molar-refractivity contribution in [3.63, 3.8) is 0 Å². The number of carboxylic acid groups (broad SMARTS) is 1. The Kier molecular flexibility index (Phi) is 7.47. The molecule has 3 aromatic rings. The zero-order chi connectivity index (χ0) is 24.0. The highest BCUT2D eigenvalue weighted by Crippen LogP contribution is 2.39. The molecule has 0 saturated carbocycles. The number of carbonyl (C=O) groups is 1. The smallest absolute Gasteiger partial charge is 0.328 e. The number of sulfonamides is 1. The average molecular weight is 490 g/mol. The lowest BCUT2D eigenvalue weighted by atomic mass is 10.2. The van der Waals surface area contributed by atoms with E-state index in [2.05, 4.69) is 4.72 Å². The number of anilines is 1. The molecule has 0 aromatic heterocycles. The van der Waals surface area contributed by atoms with Gasteiger partial charge in [0.15, 0.2) is 17.2 Å². The Morgan fingerprint density at radius 2 is 1.64 bits per heavy atom. The number of rotatable bonds is 9. The van der Waals surface area contributed by atoms with Gasteiger partial charge in [0.2, 0.25) is 0 Å². The van der Waals surface area contributed by atoms with E-state index >= 15 is 0 Å². The monoisotopic (exact) mass is 489 g/mol. The topological polar surface area (TPSA) is 111 Å². The third-order valence-electron chi connectivity index (χ3n) is 4.36. The molecule has 0 aliphatic carbocycles. The highest BCUT2D eigenvalue weighted by molar-refractivity contribution is 7.92. The predicted octanol–water partition coefficient (Wildman–Crippen LogP) is 5.05. The minimum atomic E-state index is -4.22. The number of hydrogen-bond acceptors (Lipinski definition) is 6. The third-order valence-corrected chi connectivity index (χ3v) is 6.05. The van der Waals surface area contributed by atoms with Crippen LogP contribution in [0.5, 0.6) is 23.0 Å². The van der Waals surface area contributed by atoms with Gasteiger partial charge in [-0.2, -0.15) is 0 Å². The Morgan fingerprint density at radius 1 is 0.970 bits per heavy atom. The molecule has 0 heterocycles. The zero-order valence-electron chi connectivity index (χ0n) is 17.6. The van der Waals surface area contributed by atoms with Crippen LogP contribution in [0.2, 0.25) is 5.02 Å². The lowest BCUT2D eigenvalue weighted by molar-refractivity contribution is -0.131. The quantitative estimate of drug-likeness (QED) is 0.404. The van der Waals surface area contributed by atoms with E-state index < -0.39 is 16.0 Å². The Hall–Kier alpha value is -3.69. The molecule has 0 atom stereocenters. The number of carboxylic acids is 1. The minimum absolute atomic E-state index is 0.0398. The van der Waals surface area contributed by atoms with E-state index in [9.17, 15) is 13.2 Å². The molecule has 33 heavy (non-hydrogen) atoms. The summed E-state index contributed by atoms with van der Waals surface area (Å²) in [5.74, 6) is -0.529. The lowest BCUT2D eigenvalue weighted by Gasteiger charge is -2.17. The molecular formula is C23H20ClNO7S. The number of halogens is 1. The average Bonchev–Trinajstić information content (AvgIpc) is 2.79. The number of para-hydroxylation sites is 3. The molecule has 0 fully saturated rings. The zero-order valence-corrected chi connectivity index (χ0v) is 19.2. The largest absolute Gasteiger partial charge is 0.493 e. The number of methoxy groups -OCH3 is 2. The van der Waals surface area contributed by atoms with Crippen molar-refractivity contribution in [2.75, 3.05) is 18.9 Å². The van der Waals surface area contributed by atoms with Crippen LogP contribution in [0.3, 0.4) is 0 Å². The third kappa shape index (κ3) is 5.76. The molecule has 3 aromatic carbocycles. The SMILES string of the molecule is COc1cc(/C=C/C(=O)O)cc(S(=O)(=O)Nc2ccccc2Oc2ccccc2Cl)c1OC. The molecule has 3 rings (SSSR count). The summed E-state index contributed by atoms with van der Waals surface area (Å²) >= 11 is 6.16. The van der Waals surface area contributed by atoms with Gasteiger partial charge in [-0.25, -0.2) is 13.2 Å². The Bertz CT molecular complexity index is 1310. The maximum Gasteiger partial charge on any atom is 0.328 e. The highest BCUT2D eigenvalue weighted by atomic mass is 35.5. The second kappa shape index (κ2) is 10.3. The van der Waals surface area contributed by atoms with Crippen molar-refractivity contribution >= 4 is 39.4 Å². The van der Waals surface area contributed by atoms with Crippen molar-refractivity contribution in [1.29, 1.82) is 0 Å². The maximum absolute atomic E-state index is 13.3. The Balaban J connectivity index is 2.04. The van der Waals surface area contributed by atoms with Crippen molar-refractivity contribution in [3.8, 4) is 23.0 Å². The molecule has 0 aliphatic rings. The fraction of sp³-hybridized carbons (Fsp3) is 0.0870. The molecule has 2 N–H and O–H groups in total. The first-order valence-electron chi connectivity index (χ1n) is 9.46. The Labute approximate surface area is 196 Å². The second-order valence-electron chi connectivity index (χ2n) is 6.56. The van der Waals surface area contributed by atoms with E-state index in [4.69, 9.17) is 30.9 Å². The van der Waals surface area contributed by atoms with Crippen molar-refractivity contribution in [3.05, 3.63) is 77.3 Å². The predicted molar refractivity (Wildman–Crippen MR) is 125 cm³/mol. The summed E-state index contributed by atoms with van der Waals surface area (Å²) in [7, 11) is -1.57. The van der Waals surface area contributed by atoms with Crippen molar-refractivity contribution < 1.29 is 32.5 Å². The van der Waals surface area contributed by atoms with Crippen LogP contribution in [0.1, 0.15) is 5.56 Å². The summed E-state index contributed by atoms with van der Waals surface area (Å²) in [6.45, 7) is 0. The van der Waals surface area contributed by atoms with Crippen LogP contribution in [0.15, 0.2) is 71.6 Å². The molecule has 0 radical (unpaired) electrons. The number of ether oxygens (including phenoxy) is 3. The molecule has 0 aliphatic heterocycles. The second-order valence-corrected chi connectivity index (χ2v) is 8.62. The van der Waals surface area contributed by atoms with E-state index in [0.29, 0.717) is 10.8 Å². The molecule has 0 saturated heterocycles. The molecular weight excluding hydrogens is 470 g/mol. The molecule has 0 bridgehead atoms. The molecule has 10 heteroatoms. The molecule has 0 unspecified atom stereocenters. The summed E-state index contributed by atoms with van der Waals surface area (Å²) < 4.78 is 45.5. The van der Waals surface area contributed by atoms with Crippen molar-refractivity contribution in [2.24, 2.45) is 0 Å². The first kappa shape index (κ1) is 24.0. The van der Waals surface area contributed by atoms with Crippen LogP contribution in [-0.4, -0.2) is 33.7 Å². The van der Waals surface area contributed by atoms with Gasteiger partial charge in [-0.1, -0.05) is 35.9 Å². The van der Waals surface area contributed by atoms with Crippen LogP contribution in [0.25, 0.3) is 6.08 Å². The van der Waals surface area contributed by atoms with Gasteiger partial charge < -0.3 is 19.3 Å². The van der Waals surface area contributed by atoms with Crippen LogP contribution in [-0.2, 0) is 14.8 Å². The minimum Gasteiger partial charge on any atom is -0.493 e. The van der Waals surface area contributed by atoms with Gasteiger partial charge in [-0.15, -0.1) is 0 Å². The summed E-state index contributed by atoms with van der Waals surface area (Å²) in [5.41, 5.74) is 0.445. The number of hydrogen-bond donors (Lipinski definition) is 2. The summed E-state index contributed by atoms with van der Waals surface area (Å²) in [6, 6.07) is 16.0. The molecule has 0 amide bonds. The van der Waals surface area contributed by atoms with Gasteiger partial charge >= 0.3 is 5.97 Å². The first-order valence-corrected chi connectivity index (χ1v) is 11.3. The van der Waals surface area contributed by atoms with Gasteiger partial charge in [0.25, 0.3) is 10.0 Å². The van der Waals surface area contributed by atoms with Gasteiger partial charge in [0.05, 0.1) is 24.9 Å². The van der Waals surface area contributed by atoms with E-state index in [-0.39, 0.29) is 33.4 Å².